The molecule has 0 bridgehead atoms. The number of amides is 1. The van der Waals surface area contributed by atoms with Gasteiger partial charge in [-0.3, -0.25) is 9.69 Å². The summed E-state index contributed by atoms with van der Waals surface area (Å²) in [4.78, 5) is 18.9. The van der Waals surface area contributed by atoms with Crippen molar-refractivity contribution in [2.75, 3.05) is 46.4 Å². The van der Waals surface area contributed by atoms with Gasteiger partial charge >= 0.3 is 0 Å². The molecule has 1 saturated heterocycles. The number of benzene rings is 2. The van der Waals surface area contributed by atoms with Crippen molar-refractivity contribution in [3.63, 3.8) is 0 Å². The van der Waals surface area contributed by atoms with Gasteiger partial charge in [0.15, 0.2) is 34.5 Å². The lowest BCUT2D eigenvalue weighted by Crippen LogP contribution is -2.87. The first kappa shape index (κ1) is 24.9. The van der Waals surface area contributed by atoms with E-state index >= 15 is 4.39 Å². The number of aryl methyl sites for hydroxylation is 1. The number of H-pyrrole nitrogens is 1. The second-order valence-corrected chi connectivity index (χ2v) is 9.35. The van der Waals surface area contributed by atoms with Gasteiger partial charge in [-0.05, 0) is 31.5 Å². The number of fused-ring (bicyclic) bond motifs is 2. The summed E-state index contributed by atoms with van der Waals surface area (Å²) in [5.74, 6) is 1.58. The quantitative estimate of drug-likeness (QED) is 0.245. The number of nitrogens with one attached hydrogen (secondary N) is 2. The van der Waals surface area contributed by atoms with E-state index in [1.54, 1.807) is 32.4 Å². The minimum Gasteiger partial charge on any atom is -0.493 e. The van der Waals surface area contributed by atoms with Crippen LogP contribution in [0.3, 0.4) is 0 Å². The van der Waals surface area contributed by atoms with E-state index in [1.165, 1.54) is 0 Å². The number of piperazine rings is 1. The van der Waals surface area contributed by atoms with Crippen molar-refractivity contribution < 1.29 is 28.8 Å². The van der Waals surface area contributed by atoms with Crippen molar-refractivity contribution in [3.8, 4) is 17.2 Å². The van der Waals surface area contributed by atoms with Crippen LogP contribution in [0.5, 0.6) is 17.2 Å². The third-order valence-electron chi connectivity index (χ3n) is 6.81. The normalized spacial score (nSPS) is 15.7. The van der Waals surface area contributed by atoms with Crippen LogP contribution in [0.2, 0.25) is 0 Å². The van der Waals surface area contributed by atoms with Gasteiger partial charge in [0.25, 0.3) is 0 Å². The molecule has 10 heteroatoms. The van der Waals surface area contributed by atoms with Crippen LogP contribution in [0, 0.1) is 12.7 Å². The molecule has 2 aliphatic rings. The Bertz CT molecular complexity index is 1330. The number of aromatic amines is 1. The number of nitrogens with zero attached hydrogens (tertiary/aromatic N) is 2. The summed E-state index contributed by atoms with van der Waals surface area (Å²) in [6.07, 6.45) is 2.55. The van der Waals surface area contributed by atoms with E-state index in [-0.39, 0.29) is 11.7 Å². The summed E-state index contributed by atoms with van der Waals surface area (Å²) in [7, 11) is 1.60. The zero-order chi connectivity index (χ0) is 25.9. The zero-order valence-electron chi connectivity index (χ0n) is 21.4. The fourth-order valence-electron chi connectivity index (χ4n) is 4.79. The molecule has 9 nitrogen and oxygen atoms in total. The largest absolute Gasteiger partial charge is 0.493 e. The second kappa shape index (κ2) is 10.7. The van der Waals surface area contributed by atoms with E-state index in [0.717, 1.165) is 61.6 Å². The Morgan fingerprint density at radius 2 is 1.92 bits per heavy atom. The van der Waals surface area contributed by atoms with Gasteiger partial charge < -0.3 is 24.1 Å². The lowest BCUT2D eigenvalue weighted by atomic mass is 10.1. The fourth-order valence-corrected chi connectivity index (χ4v) is 4.79. The van der Waals surface area contributed by atoms with Crippen LogP contribution >= 0.6 is 0 Å². The highest BCUT2D eigenvalue weighted by molar-refractivity contribution is 5.83. The van der Waals surface area contributed by atoms with Gasteiger partial charge in [-0.15, -0.1) is 0 Å². The van der Waals surface area contributed by atoms with Crippen molar-refractivity contribution in [3.05, 3.63) is 53.6 Å². The topological polar surface area (TPSA) is 95.7 Å². The number of carbonyl (C=O) groups excluding carboxylic acids is 1. The molecule has 2 aliphatic heterocycles. The fraction of sp³-hybridized carbons (Fsp3) is 0.370. The molecule has 3 heterocycles. The second-order valence-electron chi connectivity index (χ2n) is 9.35. The first-order valence-corrected chi connectivity index (χ1v) is 12.5. The third kappa shape index (κ3) is 5.35. The highest BCUT2D eigenvalue weighted by Crippen LogP contribution is 2.37. The van der Waals surface area contributed by atoms with Gasteiger partial charge in [-0.2, -0.15) is 0 Å². The molecular formula is C27H33FN5O4+. The Morgan fingerprint density at radius 1 is 1.11 bits per heavy atom. The number of aromatic nitrogens is 1. The van der Waals surface area contributed by atoms with Gasteiger partial charge in [-0.1, -0.05) is 0 Å². The molecule has 1 amide bonds. The van der Waals surface area contributed by atoms with Crippen LogP contribution in [0.15, 0.2) is 36.5 Å². The van der Waals surface area contributed by atoms with Crippen molar-refractivity contribution in [1.82, 2.24) is 20.2 Å². The van der Waals surface area contributed by atoms with Crippen molar-refractivity contribution in [2.45, 2.75) is 20.3 Å². The predicted molar refractivity (Wildman–Crippen MR) is 138 cm³/mol. The van der Waals surface area contributed by atoms with E-state index < -0.39 is 5.82 Å². The van der Waals surface area contributed by atoms with E-state index in [9.17, 15) is 4.79 Å². The molecule has 3 aromatic rings. The number of ether oxygens (including phenoxy) is 3. The van der Waals surface area contributed by atoms with E-state index in [0.29, 0.717) is 29.3 Å². The van der Waals surface area contributed by atoms with Gasteiger partial charge in [0, 0.05) is 68.4 Å². The molecule has 1 fully saturated rings. The molecule has 0 atom stereocenters. The number of nitrogens with two attached hydrogens (primary N) is 1. The van der Waals surface area contributed by atoms with Crippen LogP contribution in [0.4, 0.5) is 10.1 Å². The molecule has 0 aliphatic carbocycles. The minimum absolute atomic E-state index is 0.138. The summed E-state index contributed by atoms with van der Waals surface area (Å²) < 4.78 is 32.8. The van der Waals surface area contributed by atoms with Crippen LogP contribution in [-0.2, 0) is 4.79 Å². The minimum atomic E-state index is -0.409. The van der Waals surface area contributed by atoms with Crippen LogP contribution in [0.1, 0.15) is 24.6 Å². The number of quaternary nitrogens is 1. The Labute approximate surface area is 215 Å². The van der Waals surface area contributed by atoms with Gasteiger partial charge in [0.05, 0.1) is 25.5 Å². The molecule has 0 radical (unpaired) electrons. The van der Waals surface area contributed by atoms with Crippen LogP contribution < -0.4 is 25.1 Å². The lowest BCUT2D eigenvalue weighted by molar-refractivity contribution is -0.624. The Balaban J connectivity index is 1.24. The number of halogens is 1. The van der Waals surface area contributed by atoms with Crippen molar-refractivity contribution in [2.24, 2.45) is 0 Å². The monoisotopic (exact) mass is 510 g/mol. The smallest absolute Gasteiger partial charge is 0.219 e. The van der Waals surface area contributed by atoms with Gasteiger partial charge in [-0.25, -0.2) is 15.2 Å². The Kier molecular flexibility index (Phi) is 7.20. The van der Waals surface area contributed by atoms with Crippen LogP contribution in [0.25, 0.3) is 16.7 Å². The molecular weight excluding hydrogens is 477 g/mol. The predicted octanol–water partition coefficient (Wildman–Crippen LogP) is 2.65. The summed E-state index contributed by atoms with van der Waals surface area (Å²) in [5, 5.41) is 0.494. The lowest BCUT2D eigenvalue weighted by Gasteiger charge is -2.34. The standard InChI is InChI=1S/C27H32FN5O4/c1-17-13-20-21(30-17)5-6-23(27(20)28)37-26-16-29-31-22-15-25(24(35-3)14-19(22)26)36-12-4-7-32-8-10-33(11-9-32)18(2)34/h5-6,13-16,29-31H,4,7-12H2,1-3H3/p+1. The van der Waals surface area contributed by atoms with Gasteiger partial charge in [0.2, 0.25) is 5.91 Å². The first-order valence-electron chi connectivity index (χ1n) is 12.5. The molecule has 4 N–H and O–H groups in total. The number of carbonyl (C=O) groups is 1. The molecule has 196 valence electrons. The number of hydrogen-bond acceptors (Lipinski definition) is 6. The number of rotatable bonds is 8. The summed E-state index contributed by atoms with van der Waals surface area (Å²) in [6, 6.07) is 8.96. The zero-order valence-corrected chi connectivity index (χ0v) is 21.4. The van der Waals surface area contributed by atoms with E-state index in [2.05, 4.69) is 15.3 Å². The molecule has 5 rings (SSSR count). The average Bonchev–Trinajstić information content (AvgIpc) is 3.29. The molecule has 2 aromatic carbocycles. The van der Waals surface area contributed by atoms with E-state index in [4.69, 9.17) is 14.2 Å². The van der Waals surface area contributed by atoms with Crippen molar-refractivity contribution >= 4 is 28.3 Å². The maximum absolute atomic E-state index is 15.1. The average molecular weight is 511 g/mol. The van der Waals surface area contributed by atoms with Gasteiger partial charge in [0.1, 0.15) is 0 Å². The highest BCUT2D eigenvalue weighted by Gasteiger charge is 2.24. The SMILES string of the molecule is COc1cc2c(cc1OCCCN1CCN(C(C)=O)CC1)[NH2+]NC=C2Oc1ccc2[nH]c(C)cc2c1F. The molecule has 1 aromatic heterocycles. The molecule has 0 spiro atoms. The van der Waals surface area contributed by atoms with E-state index in [1.807, 2.05) is 35.4 Å². The molecule has 0 saturated carbocycles. The first-order chi connectivity index (χ1) is 17.9. The molecule has 37 heavy (non-hydrogen) atoms. The maximum atomic E-state index is 15.1. The third-order valence-corrected chi connectivity index (χ3v) is 6.81. The summed E-state index contributed by atoms with van der Waals surface area (Å²) >= 11 is 0. The Morgan fingerprint density at radius 3 is 2.68 bits per heavy atom. The number of methoxy groups -OCH3 is 1. The number of hydrogen-bond donors (Lipinski definition) is 3. The summed E-state index contributed by atoms with van der Waals surface area (Å²) in [5.41, 5.74) is 8.18. The van der Waals surface area contributed by atoms with Crippen LogP contribution in [-0.4, -0.2) is 67.1 Å². The highest BCUT2D eigenvalue weighted by atomic mass is 19.1. The maximum Gasteiger partial charge on any atom is 0.219 e. The molecule has 0 unspecified atom stereocenters. The summed E-state index contributed by atoms with van der Waals surface area (Å²) in [6.45, 7) is 8.27. The van der Waals surface area contributed by atoms with Crippen molar-refractivity contribution in [1.29, 1.82) is 0 Å². The Hall–Kier alpha value is -3.76.